The minimum absolute atomic E-state index is 0.327. The maximum absolute atomic E-state index is 11.1. The van der Waals surface area contributed by atoms with Gasteiger partial charge in [-0.3, -0.25) is 14.8 Å². The van der Waals surface area contributed by atoms with Gasteiger partial charge in [0.1, 0.15) is 21.6 Å². The largest absolute Gasteiger partial charge is 0.366 e. The zero-order chi connectivity index (χ0) is 15.5. The van der Waals surface area contributed by atoms with Gasteiger partial charge in [-0.1, -0.05) is 0 Å². The Balaban J connectivity index is 2.04. The van der Waals surface area contributed by atoms with Crippen molar-refractivity contribution in [2.45, 2.75) is 0 Å². The maximum Gasteiger partial charge on any atom is 0.250 e. The Labute approximate surface area is 129 Å². The fraction of sp³-hybridized carbons (Fsp3) is 0. The zero-order valence-corrected chi connectivity index (χ0v) is 12.0. The quantitative estimate of drug-likeness (QED) is 0.798. The van der Waals surface area contributed by atoms with Gasteiger partial charge in [0, 0.05) is 24.2 Å². The maximum atomic E-state index is 11.1. The van der Waals surface area contributed by atoms with Gasteiger partial charge in [0.15, 0.2) is 0 Å². The summed E-state index contributed by atoms with van der Waals surface area (Å²) in [6, 6.07) is 9.02. The monoisotopic (exact) mass is 307 g/mol. The predicted molar refractivity (Wildman–Crippen MR) is 81.8 cm³/mol. The van der Waals surface area contributed by atoms with Crippen molar-refractivity contribution < 1.29 is 4.79 Å². The van der Waals surface area contributed by atoms with Gasteiger partial charge in [-0.25, -0.2) is 4.98 Å². The van der Waals surface area contributed by atoms with Crippen LogP contribution in [0, 0.1) is 11.3 Å². The predicted octanol–water partition coefficient (Wildman–Crippen LogP) is 2.24. The van der Waals surface area contributed by atoms with E-state index < -0.39 is 5.91 Å². The second-order valence-corrected chi connectivity index (χ2v) is 5.35. The first-order valence-electron chi connectivity index (χ1n) is 6.26. The number of nitrogens with two attached hydrogens (primary N) is 1. The molecule has 0 atom stereocenters. The normalized spacial score (nSPS) is 10.1. The summed E-state index contributed by atoms with van der Waals surface area (Å²) in [5.41, 5.74) is 7.45. The number of aromatic nitrogens is 3. The molecule has 106 valence electrons. The zero-order valence-electron chi connectivity index (χ0n) is 11.2. The van der Waals surface area contributed by atoms with Crippen LogP contribution in [0.2, 0.25) is 0 Å². The lowest BCUT2D eigenvalue weighted by molar-refractivity contribution is 0.1000. The Morgan fingerprint density at radius 1 is 1.27 bits per heavy atom. The summed E-state index contributed by atoms with van der Waals surface area (Å²) in [5, 5.41) is 9.88. The van der Waals surface area contributed by atoms with Crippen LogP contribution in [0.3, 0.4) is 0 Å². The van der Waals surface area contributed by atoms with Crippen LogP contribution in [-0.2, 0) is 0 Å². The highest BCUT2D eigenvalue weighted by Crippen LogP contribution is 2.32. The van der Waals surface area contributed by atoms with Gasteiger partial charge in [-0.15, -0.1) is 11.3 Å². The first-order valence-corrected chi connectivity index (χ1v) is 7.08. The van der Waals surface area contributed by atoms with Crippen LogP contribution in [0.4, 0.5) is 0 Å². The number of pyridine rings is 2. The molecule has 1 amide bonds. The van der Waals surface area contributed by atoms with Crippen LogP contribution in [0.15, 0.2) is 42.9 Å². The second-order valence-electron chi connectivity index (χ2n) is 4.35. The van der Waals surface area contributed by atoms with E-state index in [1.54, 1.807) is 30.6 Å². The van der Waals surface area contributed by atoms with E-state index >= 15 is 0 Å². The summed E-state index contributed by atoms with van der Waals surface area (Å²) in [6.07, 6.45) is 4.71. The van der Waals surface area contributed by atoms with Crippen LogP contribution in [-0.4, -0.2) is 20.9 Å². The molecule has 3 heterocycles. The third-order valence-corrected chi connectivity index (χ3v) is 3.91. The van der Waals surface area contributed by atoms with E-state index in [-0.39, 0.29) is 0 Å². The van der Waals surface area contributed by atoms with Gasteiger partial charge < -0.3 is 5.73 Å². The van der Waals surface area contributed by atoms with E-state index in [9.17, 15) is 10.1 Å². The van der Waals surface area contributed by atoms with Gasteiger partial charge in [0.25, 0.3) is 0 Å². The van der Waals surface area contributed by atoms with E-state index in [0.29, 0.717) is 26.8 Å². The topological polar surface area (TPSA) is 106 Å². The van der Waals surface area contributed by atoms with Gasteiger partial charge in [0.2, 0.25) is 5.91 Å². The lowest BCUT2D eigenvalue weighted by atomic mass is 10.2. The number of carbonyl (C=O) groups is 1. The number of thiazole rings is 1. The fourth-order valence-electron chi connectivity index (χ4n) is 1.87. The summed E-state index contributed by atoms with van der Waals surface area (Å²) in [7, 11) is 0. The lowest BCUT2D eigenvalue weighted by Gasteiger charge is -1.97. The van der Waals surface area contributed by atoms with Crippen LogP contribution < -0.4 is 5.73 Å². The van der Waals surface area contributed by atoms with Crippen LogP contribution >= 0.6 is 11.3 Å². The van der Waals surface area contributed by atoms with Crippen molar-refractivity contribution in [3.8, 4) is 28.0 Å². The summed E-state index contributed by atoms with van der Waals surface area (Å²) < 4.78 is 0. The number of primary amides is 1. The standard InChI is InChI=1S/C15H9N5OS/c16-6-12-13(9-2-1-5-18-7-9)20-15(22-12)11-4-3-10(8-19-11)14(17)21/h1-5,7-8H,(H2,17,21). The molecule has 0 aliphatic rings. The molecule has 3 aromatic heterocycles. The van der Waals surface area contributed by atoms with E-state index in [4.69, 9.17) is 5.73 Å². The fourth-order valence-corrected chi connectivity index (χ4v) is 2.73. The van der Waals surface area contributed by atoms with Crippen molar-refractivity contribution in [1.29, 1.82) is 5.26 Å². The SMILES string of the molecule is N#Cc1sc(-c2ccc(C(N)=O)cn2)nc1-c1cccnc1. The third kappa shape index (κ3) is 2.55. The Kier molecular flexibility index (Phi) is 3.60. The molecule has 0 radical (unpaired) electrons. The number of rotatable bonds is 3. The molecule has 0 fully saturated rings. The molecule has 22 heavy (non-hydrogen) atoms. The molecule has 0 aliphatic heterocycles. The summed E-state index contributed by atoms with van der Waals surface area (Å²) >= 11 is 1.24. The molecular weight excluding hydrogens is 298 g/mol. The molecule has 0 saturated carbocycles. The smallest absolute Gasteiger partial charge is 0.250 e. The van der Waals surface area contributed by atoms with Crippen LogP contribution in [0.5, 0.6) is 0 Å². The average molecular weight is 307 g/mol. The number of nitrogens with zero attached hydrogens (tertiary/aromatic N) is 4. The van der Waals surface area contributed by atoms with Crippen molar-refractivity contribution in [3.63, 3.8) is 0 Å². The highest BCUT2D eigenvalue weighted by atomic mass is 32.1. The number of hydrogen-bond donors (Lipinski definition) is 1. The molecule has 0 bridgehead atoms. The van der Waals surface area contributed by atoms with Gasteiger partial charge in [0.05, 0.1) is 11.3 Å². The highest BCUT2D eigenvalue weighted by molar-refractivity contribution is 7.16. The Bertz CT molecular complexity index is 865. The third-order valence-electron chi connectivity index (χ3n) is 2.93. The number of hydrogen-bond acceptors (Lipinski definition) is 6. The molecule has 6 nitrogen and oxygen atoms in total. The van der Waals surface area contributed by atoms with Crippen LogP contribution in [0.1, 0.15) is 15.2 Å². The number of amides is 1. The Hall–Kier alpha value is -3.11. The molecule has 2 N–H and O–H groups in total. The minimum atomic E-state index is -0.535. The summed E-state index contributed by atoms with van der Waals surface area (Å²) in [5.74, 6) is -0.535. The number of carbonyl (C=O) groups excluding carboxylic acids is 1. The number of nitriles is 1. The molecule has 0 aromatic carbocycles. The molecule has 0 unspecified atom stereocenters. The molecule has 3 rings (SSSR count). The van der Waals surface area contributed by atoms with Crippen LogP contribution in [0.25, 0.3) is 22.0 Å². The highest BCUT2D eigenvalue weighted by Gasteiger charge is 2.15. The van der Waals surface area contributed by atoms with Crippen molar-refractivity contribution >= 4 is 17.2 Å². The lowest BCUT2D eigenvalue weighted by Crippen LogP contribution is -2.10. The van der Waals surface area contributed by atoms with Crippen molar-refractivity contribution in [3.05, 3.63) is 53.3 Å². The Morgan fingerprint density at radius 2 is 2.14 bits per heavy atom. The summed E-state index contributed by atoms with van der Waals surface area (Å²) in [6.45, 7) is 0. The molecular formula is C15H9N5OS. The van der Waals surface area contributed by atoms with Crippen molar-refractivity contribution in [2.24, 2.45) is 5.73 Å². The van der Waals surface area contributed by atoms with E-state index in [2.05, 4.69) is 21.0 Å². The van der Waals surface area contributed by atoms with E-state index in [1.165, 1.54) is 17.5 Å². The van der Waals surface area contributed by atoms with Crippen molar-refractivity contribution in [2.75, 3.05) is 0 Å². The Morgan fingerprint density at radius 3 is 2.73 bits per heavy atom. The minimum Gasteiger partial charge on any atom is -0.366 e. The molecule has 0 aliphatic carbocycles. The van der Waals surface area contributed by atoms with E-state index in [1.807, 2.05) is 6.07 Å². The van der Waals surface area contributed by atoms with Gasteiger partial charge in [-0.05, 0) is 24.3 Å². The first-order chi connectivity index (χ1) is 10.7. The first kappa shape index (κ1) is 13.9. The van der Waals surface area contributed by atoms with Crippen molar-refractivity contribution in [1.82, 2.24) is 15.0 Å². The molecule has 7 heteroatoms. The molecule has 3 aromatic rings. The van der Waals surface area contributed by atoms with Gasteiger partial charge in [-0.2, -0.15) is 5.26 Å². The molecule has 0 spiro atoms. The van der Waals surface area contributed by atoms with E-state index in [0.717, 1.165) is 5.56 Å². The van der Waals surface area contributed by atoms with Gasteiger partial charge >= 0.3 is 0 Å². The second kappa shape index (κ2) is 5.71. The molecule has 0 saturated heterocycles. The summed E-state index contributed by atoms with van der Waals surface area (Å²) in [4.78, 5) is 24.2. The average Bonchev–Trinajstić information content (AvgIpc) is 3.00.